The maximum Gasteiger partial charge on any atom is 0.407 e. The highest BCUT2D eigenvalue weighted by molar-refractivity contribution is 5.86. The fraction of sp³-hybridized carbons (Fsp3) is 0.517. The molecule has 0 aromatic heterocycles. The number of nitrogens with zero attached hydrogens (tertiary/aromatic N) is 2. The monoisotopic (exact) mass is 527 g/mol. The van der Waals surface area contributed by atoms with Gasteiger partial charge >= 0.3 is 6.09 Å². The summed E-state index contributed by atoms with van der Waals surface area (Å²) in [5.74, 6) is 5.80. The van der Waals surface area contributed by atoms with E-state index in [0.29, 0.717) is 19.4 Å². The van der Waals surface area contributed by atoms with Crippen molar-refractivity contribution >= 4 is 17.7 Å². The van der Waals surface area contributed by atoms with Gasteiger partial charge in [0.25, 0.3) is 0 Å². The molecule has 0 heterocycles. The number of carbonyl (C=O) groups excluding carboxylic acids is 2. The van der Waals surface area contributed by atoms with Gasteiger partial charge in [-0.25, -0.2) is 9.80 Å². The van der Waals surface area contributed by atoms with Crippen LogP contribution in [0.4, 0.5) is 10.5 Å². The molecule has 0 spiro atoms. The molecule has 2 amide bonds. The van der Waals surface area contributed by atoms with E-state index in [1.54, 1.807) is 5.01 Å². The predicted octanol–water partition coefficient (Wildman–Crippen LogP) is 3.07. The lowest BCUT2D eigenvalue weighted by atomic mass is 9.96. The SMILES string of the molecule is CCC(C)[C@H](NC(=O)OC)C(=O)NC(Cc1ccccc1)C(O)CN(N)Cc1ccc(N(CC)CC)cc1. The number of nitrogens with two attached hydrogens (primary N) is 1. The standard InChI is InChI=1S/C29H45N5O4/c1-6-21(4)27(32-29(37)38-5)28(36)31-25(18-22-12-10-9-11-13-22)26(35)20-34(30)19-23-14-16-24(17-15-23)33(7-2)8-3/h9-17,21,25-27,35H,6-8,18-20,30H2,1-5H3,(H,31,36)(H,32,37)/t21?,25?,26?,27-/m0/s1. The topological polar surface area (TPSA) is 120 Å². The van der Waals surface area contributed by atoms with Crippen LogP contribution in [0.25, 0.3) is 0 Å². The van der Waals surface area contributed by atoms with Crippen molar-refractivity contribution in [1.29, 1.82) is 0 Å². The summed E-state index contributed by atoms with van der Waals surface area (Å²) in [6.45, 7) is 10.6. The molecule has 0 saturated heterocycles. The van der Waals surface area contributed by atoms with E-state index in [4.69, 9.17) is 10.6 Å². The molecule has 5 N–H and O–H groups in total. The van der Waals surface area contributed by atoms with Crippen molar-refractivity contribution in [1.82, 2.24) is 15.6 Å². The first-order valence-corrected chi connectivity index (χ1v) is 13.4. The number of hydrogen-bond acceptors (Lipinski definition) is 7. The van der Waals surface area contributed by atoms with Gasteiger partial charge < -0.3 is 25.4 Å². The Morgan fingerprint density at radius 1 is 0.974 bits per heavy atom. The zero-order valence-electron chi connectivity index (χ0n) is 23.4. The van der Waals surface area contributed by atoms with E-state index in [-0.39, 0.29) is 18.4 Å². The molecule has 0 aliphatic heterocycles. The minimum absolute atomic E-state index is 0.131. The molecule has 2 rings (SSSR count). The van der Waals surface area contributed by atoms with Crippen molar-refractivity contribution in [2.45, 2.75) is 65.3 Å². The third kappa shape index (κ3) is 9.63. The normalized spacial score (nSPS) is 14.3. The molecule has 3 unspecified atom stereocenters. The summed E-state index contributed by atoms with van der Waals surface area (Å²) in [4.78, 5) is 27.4. The lowest BCUT2D eigenvalue weighted by Crippen LogP contribution is -2.57. The van der Waals surface area contributed by atoms with Crippen LogP contribution in [0.1, 0.15) is 45.2 Å². The first kappa shape index (κ1) is 31.1. The van der Waals surface area contributed by atoms with E-state index in [2.05, 4.69) is 41.5 Å². The van der Waals surface area contributed by atoms with Gasteiger partial charge in [0.05, 0.1) is 19.3 Å². The quantitative estimate of drug-likeness (QED) is 0.208. The number of aliphatic hydroxyl groups excluding tert-OH is 1. The summed E-state index contributed by atoms with van der Waals surface area (Å²) in [7, 11) is 1.26. The highest BCUT2D eigenvalue weighted by atomic mass is 16.5. The molecule has 2 aromatic rings. The molecule has 4 atom stereocenters. The predicted molar refractivity (Wildman–Crippen MR) is 151 cm³/mol. The molecule has 0 bridgehead atoms. The minimum Gasteiger partial charge on any atom is -0.453 e. The van der Waals surface area contributed by atoms with Crippen LogP contribution >= 0.6 is 0 Å². The molecule has 0 fully saturated rings. The molecule has 0 saturated carbocycles. The van der Waals surface area contributed by atoms with Crippen molar-refractivity contribution in [2.24, 2.45) is 11.8 Å². The Morgan fingerprint density at radius 2 is 1.61 bits per heavy atom. The van der Waals surface area contributed by atoms with E-state index in [0.717, 1.165) is 29.9 Å². The van der Waals surface area contributed by atoms with Crippen LogP contribution in [0.15, 0.2) is 54.6 Å². The average Bonchev–Trinajstić information content (AvgIpc) is 2.92. The highest BCUT2D eigenvalue weighted by Gasteiger charge is 2.30. The van der Waals surface area contributed by atoms with E-state index in [9.17, 15) is 14.7 Å². The van der Waals surface area contributed by atoms with Crippen molar-refractivity contribution < 1.29 is 19.4 Å². The number of carbonyl (C=O) groups is 2. The van der Waals surface area contributed by atoms with E-state index >= 15 is 0 Å². The van der Waals surface area contributed by atoms with Gasteiger partial charge in [0.1, 0.15) is 6.04 Å². The van der Waals surface area contributed by atoms with Crippen molar-refractivity contribution in [3.05, 3.63) is 65.7 Å². The summed E-state index contributed by atoms with van der Waals surface area (Å²) in [5.41, 5.74) is 3.15. The Morgan fingerprint density at radius 3 is 2.16 bits per heavy atom. The van der Waals surface area contributed by atoms with Crippen LogP contribution in [0.3, 0.4) is 0 Å². The molecular weight excluding hydrogens is 482 g/mol. The van der Waals surface area contributed by atoms with Crippen LogP contribution < -0.4 is 21.4 Å². The number of alkyl carbamates (subject to hydrolysis) is 1. The van der Waals surface area contributed by atoms with Gasteiger partial charge in [-0.2, -0.15) is 0 Å². The Labute approximate surface area is 227 Å². The van der Waals surface area contributed by atoms with Gasteiger partial charge in [0, 0.05) is 31.9 Å². The molecule has 0 radical (unpaired) electrons. The van der Waals surface area contributed by atoms with E-state index in [1.165, 1.54) is 7.11 Å². The van der Waals surface area contributed by atoms with Crippen LogP contribution in [0, 0.1) is 5.92 Å². The first-order valence-electron chi connectivity index (χ1n) is 13.4. The summed E-state index contributed by atoms with van der Waals surface area (Å²) in [6.07, 6.45) is -0.538. The average molecular weight is 528 g/mol. The smallest absolute Gasteiger partial charge is 0.407 e. The molecule has 0 aliphatic rings. The van der Waals surface area contributed by atoms with Crippen LogP contribution in [0.2, 0.25) is 0 Å². The zero-order chi connectivity index (χ0) is 28.1. The minimum atomic E-state index is -0.949. The van der Waals surface area contributed by atoms with E-state index < -0.39 is 24.3 Å². The summed E-state index contributed by atoms with van der Waals surface area (Å²) >= 11 is 0. The fourth-order valence-electron chi connectivity index (χ4n) is 4.38. The largest absolute Gasteiger partial charge is 0.453 e. The maximum atomic E-state index is 13.3. The van der Waals surface area contributed by atoms with Crippen LogP contribution in [-0.2, 0) is 22.5 Å². The van der Waals surface area contributed by atoms with Crippen molar-refractivity contribution in [3.63, 3.8) is 0 Å². The van der Waals surface area contributed by atoms with Gasteiger partial charge in [0.2, 0.25) is 5.91 Å². The summed E-state index contributed by atoms with van der Waals surface area (Å²) < 4.78 is 4.71. The molecule has 9 nitrogen and oxygen atoms in total. The number of hydrogen-bond donors (Lipinski definition) is 4. The Balaban J connectivity index is 2.13. The van der Waals surface area contributed by atoms with Crippen molar-refractivity contribution in [3.8, 4) is 0 Å². The third-order valence-electron chi connectivity index (χ3n) is 6.92. The number of methoxy groups -OCH3 is 1. The molecular formula is C29H45N5O4. The second kappa shape index (κ2) is 16.0. The maximum absolute atomic E-state index is 13.3. The first-order chi connectivity index (χ1) is 18.2. The number of anilines is 1. The number of aliphatic hydroxyl groups is 1. The van der Waals surface area contributed by atoms with Crippen LogP contribution in [0.5, 0.6) is 0 Å². The zero-order valence-corrected chi connectivity index (χ0v) is 23.4. The number of hydrazine groups is 1. The second-order valence-electron chi connectivity index (χ2n) is 9.64. The lowest BCUT2D eigenvalue weighted by Gasteiger charge is -2.30. The van der Waals surface area contributed by atoms with Gasteiger partial charge in [-0.15, -0.1) is 0 Å². The Kier molecular flexibility index (Phi) is 13.1. The molecule has 210 valence electrons. The number of benzene rings is 2. The molecule has 2 aromatic carbocycles. The van der Waals surface area contributed by atoms with Gasteiger partial charge in [-0.1, -0.05) is 62.7 Å². The Hall–Kier alpha value is -3.14. The summed E-state index contributed by atoms with van der Waals surface area (Å²) in [5, 5.41) is 18.3. The summed E-state index contributed by atoms with van der Waals surface area (Å²) in [6, 6.07) is 16.5. The highest BCUT2D eigenvalue weighted by Crippen LogP contribution is 2.16. The second-order valence-corrected chi connectivity index (χ2v) is 9.64. The molecule has 38 heavy (non-hydrogen) atoms. The van der Waals surface area contributed by atoms with Gasteiger partial charge in [-0.3, -0.25) is 10.6 Å². The van der Waals surface area contributed by atoms with Gasteiger partial charge in [0.15, 0.2) is 0 Å². The van der Waals surface area contributed by atoms with Crippen molar-refractivity contribution in [2.75, 3.05) is 31.6 Å². The number of amides is 2. The third-order valence-corrected chi connectivity index (χ3v) is 6.92. The van der Waals surface area contributed by atoms with E-state index in [1.807, 2.05) is 56.3 Å². The number of rotatable bonds is 15. The lowest BCUT2D eigenvalue weighted by molar-refractivity contribution is -0.126. The van der Waals surface area contributed by atoms with Crippen LogP contribution in [-0.4, -0.2) is 67.0 Å². The fourth-order valence-corrected chi connectivity index (χ4v) is 4.38. The van der Waals surface area contributed by atoms with Gasteiger partial charge in [-0.05, 0) is 49.4 Å². The molecule has 0 aliphatic carbocycles. The number of nitrogens with one attached hydrogen (secondary N) is 2. The Bertz CT molecular complexity index is 969. The molecule has 9 heteroatoms. The number of ether oxygens (including phenoxy) is 1.